The van der Waals surface area contributed by atoms with E-state index in [9.17, 15) is 19.5 Å². The molecule has 2 atom stereocenters. The van der Waals surface area contributed by atoms with Crippen molar-refractivity contribution in [1.82, 2.24) is 14.0 Å². The lowest BCUT2D eigenvalue weighted by Crippen LogP contribution is -2.51. The third-order valence-corrected chi connectivity index (χ3v) is 5.00. The number of para-hydroxylation sites is 2. The molecule has 134 valence electrons. The molecule has 1 aliphatic rings. The number of fused-ring (bicyclic) bond motifs is 1. The number of hydrogen-bond acceptors (Lipinski definition) is 3. The van der Waals surface area contributed by atoms with Gasteiger partial charge in [0.2, 0.25) is 5.91 Å². The van der Waals surface area contributed by atoms with E-state index in [2.05, 4.69) is 0 Å². The van der Waals surface area contributed by atoms with Crippen molar-refractivity contribution < 1.29 is 14.7 Å². The van der Waals surface area contributed by atoms with E-state index in [0.29, 0.717) is 25.0 Å². The van der Waals surface area contributed by atoms with Crippen LogP contribution in [0.25, 0.3) is 11.0 Å². The first-order valence-corrected chi connectivity index (χ1v) is 8.64. The maximum Gasteiger partial charge on any atom is 0.329 e. The smallest absolute Gasteiger partial charge is 0.329 e. The Kier molecular flexibility index (Phi) is 4.65. The number of carbonyl (C=O) groups excluding carboxylic acids is 1. The minimum atomic E-state index is -0.983. The van der Waals surface area contributed by atoms with Crippen molar-refractivity contribution >= 4 is 22.9 Å². The summed E-state index contributed by atoms with van der Waals surface area (Å²) in [6.45, 7) is 4.67. The van der Waals surface area contributed by atoms with Gasteiger partial charge in [0.25, 0.3) is 0 Å². The first kappa shape index (κ1) is 17.3. The fourth-order valence-corrected chi connectivity index (χ4v) is 3.63. The van der Waals surface area contributed by atoms with E-state index >= 15 is 0 Å². The van der Waals surface area contributed by atoms with Crippen molar-refractivity contribution in [2.75, 3.05) is 6.54 Å². The summed E-state index contributed by atoms with van der Waals surface area (Å²) in [5, 5.41) is 9.44. The van der Waals surface area contributed by atoms with E-state index in [-0.39, 0.29) is 24.1 Å². The minimum absolute atomic E-state index is 0.134. The molecule has 2 unspecified atom stereocenters. The summed E-state index contributed by atoms with van der Waals surface area (Å²) in [7, 11) is 0. The zero-order valence-electron chi connectivity index (χ0n) is 14.5. The van der Waals surface area contributed by atoms with Crippen LogP contribution in [-0.4, -0.2) is 43.6 Å². The molecule has 1 aromatic heterocycles. The topological polar surface area (TPSA) is 84.5 Å². The van der Waals surface area contributed by atoms with Crippen LogP contribution in [0.1, 0.15) is 26.7 Å². The lowest BCUT2D eigenvalue weighted by molar-refractivity contribution is -0.153. The zero-order chi connectivity index (χ0) is 18.1. The molecule has 2 aromatic rings. The molecule has 1 aliphatic heterocycles. The van der Waals surface area contributed by atoms with Gasteiger partial charge >= 0.3 is 11.7 Å². The highest BCUT2D eigenvalue weighted by Gasteiger charge is 2.35. The van der Waals surface area contributed by atoms with Gasteiger partial charge in [-0.1, -0.05) is 19.1 Å². The number of aromatic nitrogens is 2. The van der Waals surface area contributed by atoms with Crippen LogP contribution < -0.4 is 5.69 Å². The number of rotatable bonds is 4. The Morgan fingerprint density at radius 2 is 1.84 bits per heavy atom. The molecule has 3 rings (SSSR count). The van der Waals surface area contributed by atoms with Gasteiger partial charge in [-0.2, -0.15) is 0 Å². The van der Waals surface area contributed by atoms with Crippen LogP contribution >= 0.6 is 0 Å². The molecular weight excluding hydrogens is 322 g/mol. The normalized spacial score (nSPS) is 20.8. The lowest BCUT2D eigenvalue weighted by atomic mass is 9.92. The highest BCUT2D eigenvalue weighted by Crippen LogP contribution is 2.23. The van der Waals surface area contributed by atoms with E-state index in [1.54, 1.807) is 4.57 Å². The van der Waals surface area contributed by atoms with Gasteiger partial charge in [-0.15, -0.1) is 0 Å². The summed E-state index contributed by atoms with van der Waals surface area (Å²) in [5.41, 5.74) is 1.24. The van der Waals surface area contributed by atoms with Gasteiger partial charge in [0.05, 0.1) is 11.0 Å². The summed E-state index contributed by atoms with van der Waals surface area (Å²) in [5.74, 6) is -1.03. The fraction of sp³-hybridized carbons (Fsp3) is 0.500. The van der Waals surface area contributed by atoms with E-state index in [4.69, 9.17) is 0 Å². The molecule has 1 fully saturated rings. The molecule has 1 saturated heterocycles. The molecule has 0 spiro atoms. The Morgan fingerprint density at radius 1 is 1.20 bits per heavy atom. The van der Waals surface area contributed by atoms with Crippen LogP contribution in [0.4, 0.5) is 0 Å². The molecule has 7 heteroatoms. The van der Waals surface area contributed by atoms with Gasteiger partial charge in [0, 0.05) is 13.1 Å². The van der Waals surface area contributed by atoms with Crippen molar-refractivity contribution in [2.45, 2.75) is 45.8 Å². The van der Waals surface area contributed by atoms with Crippen molar-refractivity contribution in [3.05, 3.63) is 34.7 Å². The molecule has 0 bridgehead atoms. The predicted octanol–water partition coefficient (Wildman–Crippen LogP) is 1.53. The Labute approximate surface area is 145 Å². The average molecular weight is 345 g/mol. The Bertz CT molecular complexity index is 867. The Hall–Kier alpha value is -2.57. The predicted molar refractivity (Wildman–Crippen MR) is 93.4 cm³/mol. The van der Waals surface area contributed by atoms with Crippen molar-refractivity contribution in [3.63, 3.8) is 0 Å². The number of carboxylic acids is 1. The van der Waals surface area contributed by atoms with E-state index in [1.807, 2.05) is 38.1 Å². The molecule has 0 aliphatic carbocycles. The molecule has 2 heterocycles. The van der Waals surface area contributed by atoms with Gasteiger partial charge in [0.1, 0.15) is 12.6 Å². The van der Waals surface area contributed by atoms with Crippen molar-refractivity contribution in [3.8, 4) is 0 Å². The van der Waals surface area contributed by atoms with Gasteiger partial charge in [0.15, 0.2) is 0 Å². The number of benzene rings is 1. The number of hydrogen-bond donors (Lipinski definition) is 1. The number of aryl methyl sites for hydroxylation is 1. The number of piperidine rings is 1. The number of carbonyl (C=O) groups is 2. The number of aliphatic carboxylic acids is 1. The quantitative estimate of drug-likeness (QED) is 0.911. The second-order valence-electron chi connectivity index (χ2n) is 6.67. The Morgan fingerprint density at radius 3 is 2.44 bits per heavy atom. The van der Waals surface area contributed by atoms with Crippen LogP contribution in [0.15, 0.2) is 29.1 Å². The summed E-state index contributed by atoms with van der Waals surface area (Å²) < 4.78 is 3.06. The first-order chi connectivity index (χ1) is 11.9. The highest BCUT2D eigenvalue weighted by atomic mass is 16.4. The maximum atomic E-state index is 12.8. The van der Waals surface area contributed by atoms with Crippen LogP contribution in [0.3, 0.4) is 0 Å². The van der Waals surface area contributed by atoms with Gasteiger partial charge in [-0.25, -0.2) is 9.59 Å². The van der Waals surface area contributed by atoms with Crippen LogP contribution in [-0.2, 0) is 22.7 Å². The van der Waals surface area contributed by atoms with E-state index < -0.39 is 12.0 Å². The summed E-state index contributed by atoms with van der Waals surface area (Å²) in [6, 6.07) is 6.52. The largest absolute Gasteiger partial charge is 0.480 e. The van der Waals surface area contributed by atoms with Crippen molar-refractivity contribution in [1.29, 1.82) is 0 Å². The van der Waals surface area contributed by atoms with Gasteiger partial charge in [-0.3, -0.25) is 13.9 Å². The lowest BCUT2D eigenvalue weighted by Gasteiger charge is -2.36. The second-order valence-corrected chi connectivity index (χ2v) is 6.67. The third-order valence-electron chi connectivity index (χ3n) is 5.00. The SMILES string of the molecule is CCn1c(=O)n(CC(=O)N2CCC(C)CC2C(=O)O)c2ccccc21. The van der Waals surface area contributed by atoms with Crippen molar-refractivity contribution in [2.24, 2.45) is 5.92 Å². The number of likely N-dealkylation sites (tertiary alicyclic amines) is 1. The molecule has 1 amide bonds. The Balaban J connectivity index is 1.93. The van der Waals surface area contributed by atoms with Crippen LogP contribution in [0.5, 0.6) is 0 Å². The third kappa shape index (κ3) is 3.06. The van der Waals surface area contributed by atoms with Crippen LogP contribution in [0.2, 0.25) is 0 Å². The molecule has 1 aromatic carbocycles. The molecule has 0 saturated carbocycles. The molecule has 25 heavy (non-hydrogen) atoms. The fourth-order valence-electron chi connectivity index (χ4n) is 3.63. The standard InChI is InChI=1S/C18H23N3O4/c1-3-19-13-6-4-5-7-14(13)21(18(19)25)11-16(22)20-9-8-12(2)10-15(20)17(23)24/h4-7,12,15H,3,8-11H2,1-2H3,(H,23,24). The van der Waals surface area contributed by atoms with Crippen LogP contribution in [0, 0.1) is 5.92 Å². The number of carboxylic acid groups (broad SMARTS) is 1. The molecule has 0 radical (unpaired) electrons. The first-order valence-electron chi connectivity index (χ1n) is 8.64. The molecule has 7 nitrogen and oxygen atoms in total. The zero-order valence-corrected chi connectivity index (χ0v) is 14.5. The van der Waals surface area contributed by atoms with Gasteiger partial charge < -0.3 is 10.0 Å². The summed E-state index contributed by atoms with van der Waals surface area (Å²) in [4.78, 5) is 38.4. The number of nitrogens with zero attached hydrogens (tertiary/aromatic N) is 3. The molecule has 1 N–H and O–H groups in total. The summed E-state index contributed by atoms with van der Waals surface area (Å²) in [6.07, 6.45) is 1.23. The van der Waals surface area contributed by atoms with E-state index in [0.717, 1.165) is 11.9 Å². The highest BCUT2D eigenvalue weighted by molar-refractivity contribution is 5.85. The number of amides is 1. The van der Waals surface area contributed by atoms with E-state index in [1.165, 1.54) is 9.47 Å². The number of imidazole rings is 1. The summed E-state index contributed by atoms with van der Waals surface area (Å²) >= 11 is 0. The average Bonchev–Trinajstić information content (AvgIpc) is 2.86. The monoisotopic (exact) mass is 345 g/mol. The minimum Gasteiger partial charge on any atom is -0.480 e. The molecular formula is C18H23N3O4. The maximum absolute atomic E-state index is 12.8. The second kappa shape index (κ2) is 6.74. The van der Waals surface area contributed by atoms with Gasteiger partial charge in [-0.05, 0) is 37.8 Å².